The Kier molecular flexibility index (Phi) is 13.4. The Balaban J connectivity index is 0. The van der Waals surface area contributed by atoms with Crippen LogP contribution in [0.4, 0.5) is 0 Å². The second kappa shape index (κ2) is 12.2. The number of aliphatic imine (C=N–C) groups is 1. The van der Waals surface area contributed by atoms with E-state index in [2.05, 4.69) is 44.8 Å². The van der Waals surface area contributed by atoms with E-state index in [-0.39, 0.29) is 0 Å². The molecule has 0 aromatic heterocycles. The Morgan fingerprint density at radius 3 is 2.19 bits per heavy atom. The lowest BCUT2D eigenvalue weighted by Crippen LogP contribution is -2.05. The second-order valence-electron chi connectivity index (χ2n) is 3.88. The lowest BCUT2D eigenvalue weighted by molar-refractivity contribution is 0.865. The van der Waals surface area contributed by atoms with E-state index in [4.69, 9.17) is 0 Å². The summed E-state index contributed by atoms with van der Waals surface area (Å²) in [5.74, 6) is 0.534. The Labute approximate surface area is 102 Å². The van der Waals surface area contributed by atoms with E-state index in [1.165, 1.54) is 11.3 Å². The Morgan fingerprint density at radius 1 is 1.25 bits per heavy atom. The van der Waals surface area contributed by atoms with Crippen LogP contribution in [0.2, 0.25) is 0 Å². The lowest BCUT2D eigenvalue weighted by atomic mass is 10.1. The molecule has 0 rings (SSSR count). The molecule has 0 unspecified atom stereocenters. The molecule has 0 heterocycles. The van der Waals surface area contributed by atoms with Gasteiger partial charge in [0, 0.05) is 18.3 Å². The topological polar surface area (TPSA) is 12.4 Å². The summed E-state index contributed by atoms with van der Waals surface area (Å²) in [7, 11) is 0. The fourth-order valence-corrected chi connectivity index (χ4v) is 0.960. The van der Waals surface area contributed by atoms with E-state index in [1.807, 2.05) is 27.0 Å². The first-order chi connectivity index (χ1) is 7.61. The first-order valence-corrected chi connectivity index (χ1v) is 6.45. The van der Waals surface area contributed by atoms with Gasteiger partial charge >= 0.3 is 0 Å². The van der Waals surface area contributed by atoms with Crippen molar-refractivity contribution in [2.24, 2.45) is 10.9 Å². The maximum absolute atomic E-state index is 4.53. The zero-order chi connectivity index (χ0) is 13.0. The van der Waals surface area contributed by atoms with Gasteiger partial charge in [0.05, 0.1) is 0 Å². The summed E-state index contributed by atoms with van der Waals surface area (Å²) in [6.45, 7) is 14.7. The highest BCUT2D eigenvalue weighted by molar-refractivity contribution is 5.87. The number of nitrogens with zero attached hydrogens (tertiary/aromatic N) is 1. The Hall–Kier alpha value is -0.850. The Bertz CT molecular complexity index is 232. The highest BCUT2D eigenvalue weighted by atomic mass is 14.7. The molecule has 16 heavy (non-hydrogen) atoms. The number of rotatable bonds is 5. The highest BCUT2D eigenvalue weighted by Gasteiger charge is 2.01. The van der Waals surface area contributed by atoms with E-state index in [9.17, 15) is 0 Å². The minimum absolute atomic E-state index is 0.534. The summed E-state index contributed by atoms with van der Waals surface area (Å²) in [4.78, 5) is 4.53. The smallest absolute Gasteiger partial charge is 0.0256 e. The van der Waals surface area contributed by atoms with Gasteiger partial charge in [0.1, 0.15) is 0 Å². The van der Waals surface area contributed by atoms with Crippen LogP contribution in [0.25, 0.3) is 0 Å². The van der Waals surface area contributed by atoms with Crippen LogP contribution >= 0.6 is 0 Å². The minimum atomic E-state index is 0.534. The maximum atomic E-state index is 4.53. The molecule has 0 fully saturated rings. The molecular weight excluding hydrogens is 194 g/mol. The van der Waals surface area contributed by atoms with Crippen molar-refractivity contribution >= 4 is 5.71 Å². The van der Waals surface area contributed by atoms with Crippen molar-refractivity contribution in [1.82, 2.24) is 0 Å². The fourth-order valence-electron chi connectivity index (χ4n) is 0.960. The van der Waals surface area contributed by atoms with Crippen molar-refractivity contribution in [2.45, 2.75) is 61.3 Å². The van der Waals surface area contributed by atoms with Crippen molar-refractivity contribution in [3.05, 3.63) is 23.9 Å². The predicted molar refractivity (Wildman–Crippen MR) is 77.1 cm³/mol. The molecule has 0 aromatic rings. The SMILES string of the molecule is C/C=C\CC(=N/C=C(\C)CC)C(C)C.CC. The van der Waals surface area contributed by atoms with Crippen molar-refractivity contribution in [1.29, 1.82) is 0 Å². The molecule has 0 aliphatic heterocycles. The zero-order valence-corrected chi connectivity index (χ0v) is 12.2. The van der Waals surface area contributed by atoms with Crippen LogP contribution in [0.3, 0.4) is 0 Å². The van der Waals surface area contributed by atoms with E-state index in [0.717, 1.165) is 12.8 Å². The normalized spacial score (nSPS) is 13.0. The summed E-state index contributed by atoms with van der Waals surface area (Å²) >= 11 is 0. The summed E-state index contributed by atoms with van der Waals surface area (Å²) in [5, 5.41) is 0. The fraction of sp³-hybridized carbons (Fsp3) is 0.667. The van der Waals surface area contributed by atoms with E-state index < -0.39 is 0 Å². The third-order valence-corrected chi connectivity index (χ3v) is 2.24. The maximum Gasteiger partial charge on any atom is 0.0256 e. The van der Waals surface area contributed by atoms with Crippen molar-refractivity contribution in [3.8, 4) is 0 Å². The third kappa shape index (κ3) is 9.70. The van der Waals surface area contributed by atoms with Crippen LogP contribution in [0.1, 0.15) is 61.3 Å². The van der Waals surface area contributed by atoms with Crippen LogP contribution in [-0.2, 0) is 0 Å². The number of hydrogen-bond acceptors (Lipinski definition) is 1. The molecule has 0 saturated carbocycles. The monoisotopic (exact) mass is 223 g/mol. The standard InChI is InChI=1S/C13H23N.C2H6/c1-6-8-9-13(11(3)4)14-10-12(5)7-2;1-2/h6,8,10-11H,7,9H2,1-5H3;1-2H3/b8-6-,12-10+,14-13?;. The van der Waals surface area contributed by atoms with Gasteiger partial charge in [0.25, 0.3) is 0 Å². The summed E-state index contributed by atoms with van der Waals surface area (Å²) in [6.07, 6.45) is 8.29. The van der Waals surface area contributed by atoms with Gasteiger partial charge < -0.3 is 0 Å². The molecule has 0 aliphatic carbocycles. The molecule has 0 aliphatic rings. The van der Waals surface area contributed by atoms with Crippen LogP contribution in [0.5, 0.6) is 0 Å². The average Bonchev–Trinajstić information content (AvgIpc) is 2.30. The van der Waals surface area contributed by atoms with Crippen molar-refractivity contribution in [2.75, 3.05) is 0 Å². The molecule has 0 bridgehead atoms. The molecule has 94 valence electrons. The van der Waals surface area contributed by atoms with E-state index in [1.54, 1.807) is 0 Å². The van der Waals surface area contributed by atoms with Gasteiger partial charge in [-0.05, 0) is 26.2 Å². The average molecular weight is 223 g/mol. The zero-order valence-electron chi connectivity index (χ0n) is 12.2. The molecule has 1 nitrogen and oxygen atoms in total. The molecular formula is C15H29N. The molecule has 0 saturated heterocycles. The number of allylic oxidation sites excluding steroid dienone is 3. The highest BCUT2D eigenvalue weighted by Crippen LogP contribution is 2.06. The molecule has 1 heteroatoms. The van der Waals surface area contributed by atoms with Crippen LogP contribution in [-0.4, -0.2) is 5.71 Å². The van der Waals surface area contributed by atoms with Gasteiger partial charge in [-0.15, -0.1) is 0 Å². The minimum Gasteiger partial charge on any atom is -0.265 e. The first-order valence-electron chi connectivity index (χ1n) is 6.45. The van der Waals surface area contributed by atoms with Gasteiger partial charge in [0.15, 0.2) is 0 Å². The second-order valence-corrected chi connectivity index (χ2v) is 3.88. The molecule has 0 amide bonds. The first kappa shape index (κ1) is 17.5. The lowest BCUT2D eigenvalue weighted by Gasteiger charge is -2.06. The summed E-state index contributed by atoms with van der Waals surface area (Å²) in [5.41, 5.74) is 2.60. The molecule has 0 aromatic carbocycles. The number of hydrogen-bond donors (Lipinski definition) is 0. The summed E-state index contributed by atoms with van der Waals surface area (Å²) in [6, 6.07) is 0. The molecule has 0 N–H and O–H groups in total. The predicted octanol–water partition coefficient (Wildman–Crippen LogP) is 5.39. The molecule has 0 atom stereocenters. The van der Waals surface area contributed by atoms with Crippen molar-refractivity contribution < 1.29 is 0 Å². The van der Waals surface area contributed by atoms with E-state index >= 15 is 0 Å². The van der Waals surface area contributed by atoms with Crippen LogP contribution < -0.4 is 0 Å². The Morgan fingerprint density at radius 2 is 1.81 bits per heavy atom. The van der Waals surface area contributed by atoms with Gasteiger partial charge in [-0.3, -0.25) is 4.99 Å². The van der Waals surface area contributed by atoms with Crippen molar-refractivity contribution in [3.63, 3.8) is 0 Å². The quantitative estimate of drug-likeness (QED) is 0.438. The third-order valence-electron chi connectivity index (χ3n) is 2.24. The van der Waals surface area contributed by atoms with Gasteiger partial charge in [0.2, 0.25) is 0 Å². The van der Waals surface area contributed by atoms with Gasteiger partial charge in [-0.2, -0.15) is 0 Å². The van der Waals surface area contributed by atoms with E-state index in [0.29, 0.717) is 5.92 Å². The molecule has 0 radical (unpaired) electrons. The summed E-state index contributed by atoms with van der Waals surface area (Å²) < 4.78 is 0. The van der Waals surface area contributed by atoms with Gasteiger partial charge in [-0.25, -0.2) is 0 Å². The molecule has 0 spiro atoms. The van der Waals surface area contributed by atoms with Gasteiger partial charge in [-0.1, -0.05) is 52.3 Å². The largest absolute Gasteiger partial charge is 0.265 e. The van der Waals surface area contributed by atoms with Crippen LogP contribution in [0.15, 0.2) is 28.9 Å². The van der Waals surface area contributed by atoms with Crippen LogP contribution in [0, 0.1) is 5.92 Å².